The first-order valence-corrected chi connectivity index (χ1v) is 10.4. The van der Waals surface area contributed by atoms with Gasteiger partial charge in [0.2, 0.25) is 12.3 Å². The Balaban J connectivity index is 0. The second kappa shape index (κ2) is 19.4. The first-order valence-electron chi connectivity index (χ1n) is 10.4. The highest BCUT2D eigenvalue weighted by Gasteiger charge is 2.07. The maximum Gasteiger partial charge on any atom is 0.308 e. The van der Waals surface area contributed by atoms with Crippen molar-refractivity contribution in [2.24, 2.45) is 17.4 Å². The average Bonchev–Trinajstić information content (AvgIpc) is 3.16. The summed E-state index contributed by atoms with van der Waals surface area (Å²) < 4.78 is 5.05. The summed E-state index contributed by atoms with van der Waals surface area (Å²) in [5.74, 6) is -0.535. The van der Waals surface area contributed by atoms with Gasteiger partial charge in [0.1, 0.15) is 6.61 Å². The molecule has 0 saturated heterocycles. The quantitative estimate of drug-likeness (QED) is 0.407. The molecule has 0 bridgehead atoms. The Morgan fingerprint density at radius 2 is 1.50 bits per heavy atom. The number of aromatic nitrogens is 1. The number of amides is 2. The largest absolute Gasteiger partial charge is 0.461 e. The summed E-state index contributed by atoms with van der Waals surface area (Å²) in [6.45, 7) is 11.4. The van der Waals surface area contributed by atoms with Crippen molar-refractivity contribution in [2.75, 3.05) is 0 Å². The second-order valence-corrected chi connectivity index (χ2v) is 6.51. The molecule has 1 aromatic heterocycles. The van der Waals surface area contributed by atoms with Gasteiger partial charge in [-0.1, -0.05) is 76.2 Å². The Hall–Kier alpha value is -3.61. The van der Waals surface area contributed by atoms with E-state index in [0.717, 1.165) is 5.56 Å². The van der Waals surface area contributed by atoms with E-state index in [1.807, 2.05) is 70.3 Å². The number of hydrogen-bond donors (Lipinski definition) is 3. The minimum Gasteiger partial charge on any atom is -0.461 e. The fourth-order valence-corrected chi connectivity index (χ4v) is 2.11. The highest BCUT2D eigenvalue weighted by atomic mass is 16.5. The molecule has 2 amide bonds. The van der Waals surface area contributed by atoms with Crippen LogP contribution in [0.4, 0.5) is 0 Å². The van der Waals surface area contributed by atoms with E-state index in [4.69, 9.17) is 9.53 Å². The van der Waals surface area contributed by atoms with Crippen molar-refractivity contribution in [3.05, 3.63) is 71.9 Å². The molecule has 176 valence electrons. The number of rotatable bonds is 3. The van der Waals surface area contributed by atoms with Gasteiger partial charge in [0.25, 0.3) is 0 Å². The number of benzene rings is 2. The number of ether oxygens (including phenoxy) is 1. The molecule has 5 N–H and O–H groups in total. The van der Waals surface area contributed by atoms with Gasteiger partial charge in [-0.25, -0.2) is 0 Å². The maximum atomic E-state index is 11.1. The monoisotopic (exact) mass is 443 g/mol. The van der Waals surface area contributed by atoms with Gasteiger partial charge >= 0.3 is 5.97 Å². The summed E-state index contributed by atoms with van der Waals surface area (Å²) in [4.78, 5) is 32.1. The summed E-state index contributed by atoms with van der Waals surface area (Å²) in [6, 6.07) is 18.0. The van der Waals surface area contributed by atoms with Crippen molar-refractivity contribution in [3.63, 3.8) is 0 Å². The lowest BCUT2D eigenvalue weighted by atomic mass is 10.2. The molecule has 0 atom stereocenters. The van der Waals surface area contributed by atoms with E-state index < -0.39 is 0 Å². The van der Waals surface area contributed by atoms with E-state index in [-0.39, 0.29) is 24.2 Å². The summed E-state index contributed by atoms with van der Waals surface area (Å²) >= 11 is 0. The lowest BCUT2D eigenvalue weighted by molar-refractivity contribution is -0.148. The third kappa shape index (κ3) is 15.3. The average molecular weight is 444 g/mol. The first-order chi connectivity index (χ1) is 15.2. The van der Waals surface area contributed by atoms with Gasteiger partial charge in [-0.05, 0) is 24.1 Å². The molecule has 0 spiro atoms. The predicted molar refractivity (Wildman–Crippen MR) is 131 cm³/mol. The highest BCUT2D eigenvalue weighted by Crippen LogP contribution is 2.15. The van der Waals surface area contributed by atoms with Crippen LogP contribution in [0.1, 0.15) is 45.7 Å². The topological polar surface area (TPSA) is 128 Å². The molecule has 1 heterocycles. The van der Waals surface area contributed by atoms with Crippen LogP contribution in [0.3, 0.4) is 0 Å². The van der Waals surface area contributed by atoms with E-state index in [0.29, 0.717) is 6.61 Å². The normalized spacial score (nSPS) is 8.72. The maximum absolute atomic E-state index is 11.1. The standard InChI is InChI=1S/C11H14O2.C9H9N.C2H5NO.C2H6.CH3NO/c1-9(2)11(12)13-8-10-6-4-3-5-7-10;1-7-6-10-9-5-3-2-4-8(7)9;1-2(3)4;1-2;2-1-3/h3-7,9H,8H2,1-2H3;2-6,10H,1H3;1H3,(H2,3,4);1-2H3;1H,(H2,2,3). The van der Waals surface area contributed by atoms with E-state index in [9.17, 15) is 9.59 Å². The lowest BCUT2D eigenvalue weighted by Gasteiger charge is -2.06. The molecule has 0 saturated carbocycles. The molecule has 32 heavy (non-hydrogen) atoms. The molecule has 2 aromatic carbocycles. The summed E-state index contributed by atoms with van der Waals surface area (Å²) in [5.41, 5.74) is 12.2. The van der Waals surface area contributed by atoms with Crippen LogP contribution in [0.15, 0.2) is 60.8 Å². The second-order valence-electron chi connectivity index (χ2n) is 6.51. The van der Waals surface area contributed by atoms with Crippen LogP contribution in [0.2, 0.25) is 0 Å². The molecule has 7 nitrogen and oxygen atoms in total. The van der Waals surface area contributed by atoms with Crippen LogP contribution < -0.4 is 11.5 Å². The van der Waals surface area contributed by atoms with Crippen molar-refractivity contribution in [3.8, 4) is 0 Å². The third-order valence-electron chi connectivity index (χ3n) is 3.49. The number of carbonyl (C=O) groups excluding carboxylic acids is 3. The SMILES string of the molecule is CC.CC(C)C(=O)OCc1ccccc1.CC(N)=O.Cc1c[nH]c2ccccc12.NC=O. The van der Waals surface area contributed by atoms with Gasteiger partial charge < -0.3 is 21.2 Å². The van der Waals surface area contributed by atoms with Crippen molar-refractivity contribution < 1.29 is 19.1 Å². The number of nitrogens with two attached hydrogens (primary N) is 2. The fraction of sp³-hybridized carbons (Fsp3) is 0.320. The van der Waals surface area contributed by atoms with Crippen molar-refractivity contribution in [1.29, 1.82) is 0 Å². The van der Waals surface area contributed by atoms with E-state index >= 15 is 0 Å². The zero-order valence-electron chi connectivity index (χ0n) is 19.9. The van der Waals surface area contributed by atoms with Gasteiger partial charge in [0, 0.05) is 24.0 Å². The molecular weight excluding hydrogens is 406 g/mol. The molecule has 3 aromatic rings. The van der Waals surface area contributed by atoms with Crippen LogP contribution in [0.25, 0.3) is 10.9 Å². The van der Waals surface area contributed by atoms with E-state index in [1.54, 1.807) is 0 Å². The number of H-pyrrole nitrogens is 1. The Labute approximate surface area is 191 Å². The minimum atomic E-state index is -0.333. The molecule has 3 rings (SSSR count). The van der Waals surface area contributed by atoms with Crippen LogP contribution in [-0.4, -0.2) is 23.3 Å². The lowest BCUT2D eigenvalue weighted by Crippen LogP contribution is -2.11. The van der Waals surface area contributed by atoms with Crippen molar-refractivity contribution in [2.45, 2.75) is 48.1 Å². The third-order valence-corrected chi connectivity index (χ3v) is 3.49. The Morgan fingerprint density at radius 3 is 1.97 bits per heavy atom. The number of aryl methyl sites for hydroxylation is 1. The van der Waals surface area contributed by atoms with Gasteiger partial charge in [-0.2, -0.15) is 0 Å². The van der Waals surface area contributed by atoms with Crippen LogP contribution in [0, 0.1) is 12.8 Å². The molecule has 0 aliphatic heterocycles. The van der Waals surface area contributed by atoms with E-state index in [1.165, 1.54) is 23.4 Å². The number of fused-ring (bicyclic) bond motifs is 1. The summed E-state index contributed by atoms with van der Waals surface area (Å²) in [7, 11) is 0. The van der Waals surface area contributed by atoms with E-state index in [2.05, 4.69) is 41.6 Å². The smallest absolute Gasteiger partial charge is 0.308 e. The van der Waals surface area contributed by atoms with Crippen LogP contribution in [-0.2, 0) is 25.7 Å². The molecule has 0 fully saturated rings. The minimum absolute atomic E-state index is 0.0521. The first kappa shape index (κ1) is 30.6. The number of primary amides is 2. The zero-order chi connectivity index (χ0) is 24.9. The number of carbonyl (C=O) groups is 3. The van der Waals surface area contributed by atoms with Gasteiger partial charge in [-0.15, -0.1) is 0 Å². The van der Waals surface area contributed by atoms with Crippen molar-refractivity contribution in [1.82, 2.24) is 4.98 Å². The molecule has 0 aliphatic rings. The zero-order valence-corrected chi connectivity index (χ0v) is 19.9. The van der Waals surface area contributed by atoms with Crippen LogP contribution >= 0.6 is 0 Å². The Morgan fingerprint density at radius 1 is 1.03 bits per heavy atom. The fourth-order valence-electron chi connectivity index (χ4n) is 2.11. The Kier molecular flexibility index (Phi) is 18.5. The number of para-hydroxylation sites is 1. The highest BCUT2D eigenvalue weighted by molar-refractivity contribution is 5.82. The molecule has 0 unspecified atom stereocenters. The van der Waals surface area contributed by atoms with Gasteiger partial charge in [0.05, 0.1) is 5.92 Å². The molecule has 0 aliphatic carbocycles. The van der Waals surface area contributed by atoms with Gasteiger partial charge in [-0.3, -0.25) is 14.4 Å². The van der Waals surface area contributed by atoms with Crippen molar-refractivity contribution >= 4 is 29.2 Å². The van der Waals surface area contributed by atoms with Crippen LogP contribution in [0.5, 0.6) is 0 Å². The number of aromatic amines is 1. The number of esters is 1. The molecular formula is C25H37N3O4. The Bertz CT molecular complexity index is 886. The number of nitrogens with one attached hydrogen (secondary N) is 1. The molecule has 0 radical (unpaired) electrons. The summed E-state index contributed by atoms with van der Waals surface area (Å²) in [5, 5.41) is 1.32. The predicted octanol–water partition coefficient (Wildman–Crippen LogP) is 4.48. The summed E-state index contributed by atoms with van der Waals surface area (Å²) in [6.07, 6.45) is 2.28. The van der Waals surface area contributed by atoms with Gasteiger partial charge in [0.15, 0.2) is 0 Å². The number of hydrogen-bond acceptors (Lipinski definition) is 4. The molecule has 7 heteroatoms.